The van der Waals surface area contributed by atoms with Crippen molar-refractivity contribution < 1.29 is 19.4 Å². The van der Waals surface area contributed by atoms with E-state index in [4.69, 9.17) is 9.47 Å². The Bertz CT molecular complexity index is 704. The van der Waals surface area contributed by atoms with Gasteiger partial charge in [-0.05, 0) is 38.0 Å². The predicted octanol–water partition coefficient (Wildman–Crippen LogP) is 3.34. The standard InChI is InChI=1S/C16H18O4S/c1-4-19-7-10-5-6-11(9(3)17)15-12(10)8(2)14(21-15)13-16(18)20-13/h5-6,13,16,18H,4,7H2,1-3H3. The minimum absolute atomic E-state index is 0.0491. The number of Topliss-reactive ketones (excluding diaryl/α,β-unsaturated/α-hetero) is 1. The van der Waals surface area contributed by atoms with Gasteiger partial charge < -0.3 is 14.6 Å². The number of aliphatic hydroxyl groups is 1. The Morgan fingerprint density at radius 1 is 1.48 bits per heavy atom. The maximum absolute atomic E-state index is 11.8. The number of ketones is 1. The van der Waals surface area contributed by atoms with Gasteiger partial charge in [-0.3, -0.25) is 4.79 Å². The fraction of sp³-hybridized carbons (Fsp3) is 0.438. The first-order chi connectivity index (χ1) is 10.0. The van der Waals surface area contributed by atoms with Gasteiger partial charge in [0.1, 0.15) is 6.10 Å². The zero-order chi connectivity index (χ0) is 15.1. The van der Waals surface area contributed by atoms with Gasteiger partial charge in [0.25, 0.3) is 0 Å². The second-order valence-electron chi connectivity index (χ2n) is 5.21. The van der Waals surface area contributed by atoms with Crippen molar-refractivity contribution in [2.75, 3.05) is 6.61 Å². The number of benzene rings is 1. The smallest absolute Gasteiger partial charge is 0.187 e. The third kappa shape index (κ3) is 2.51. The number of aryl methyl sites for hydroxylation is 1. The Balaban J connectivity index is 2.19. The lowest BCUT2D eigenvalue weighted by Gasteiger charge is -2.07. The van der Waals surface area contributed by atoms with Crippen molar-refractivity contribution in [2.45, 2.75) is 39.8 Å². The Morgan fingerprint density at radius 3 is 2.76 bits per heavy atom. The molecule has 0 radical (unpaired) electrons. The molecule has 2 atom stereocenters. The van der Waals surface area contributed by atoms with Crippen molar-refractivity contribution >= 4 is 27.2 Å². The van der Waals surface area contributed by atoms with Crippen LogP contribution in [0.15, 0.2) is 12.1 Å². The molecule has 0 saturated carbocycles. The maximum Gasteiger partial charge on any atom is 0.187 e. The van der Waals surface area contributed by atoms with Crippen LogP contribution in [0.3, 0.4) is 0 Å². The zero-order valence-electron chi connectivity index (χ0n) is 12.3. The molecule has 3 rings (SSSR count). The summed E-state index contributed by atoms with van der Waals surface area (Å²) in [7, 11) is 0. The Hall–Kier alpha value is -1.27. The van der Waals surface area contributed by atoms with Gasteiger partial charge in [0.15, 0.2) is 12.1 Å². The third-order valence-corrected chi connectivity index (χ3v) is 5.15. The molecule has 0 bridgehead atoms. The van der Waals surface area contributed by atoms with Gasteiger partial charge >= 0.3 is 0 Å². The van der Waals surface area contributed by atoms with E-state index in [1.54, 1.807) is 6.92 Å². The number of hydrogen-bond acceptors (Lipinski definition) is 5. The number of fused-ring (bicyclic) bond motifs is 1. The van der Waals surface area contributed by atoms with Crippen LogP contribution in [-0.4, -0.2) is 23.8 Å². The van der Waals surface area contributed by atoms with E-state index in [-0.39, 0.29) is 11.9 Å². The second kappa shape index (κ2) is 5.50. The number of carbonyl (C=O) groups excluding carboxylic acids is 1. The van der Waals surface area contributed by atoms with Crippen LogP contribution in [0.25, 0.3) is 10.1 Å². The fourth-order valence-electron chi connectivity index (χ4n) is 2.63. The highest BCUT2D eigenvalue weighted by Crippen LogP contribution is 2.47. The number of rotatable bonds is 5. The molecule has 1 aliphatic heterocycles. The summed E-state index contributed by atoms with van der Waals surface area (Å²) in [5.74, 6) is 0.0491. The summed E-state index contributed by atoms with van der Waals surface area (Å²) in [4.78, 5) is 12.9. The minimum Gasteiger partial charge on any atom is -0.377 e. The van der Waals surface area contributed by atoms with E-state index in [2.05, 4.69) is 0 Å². The minimum atomic E-state index is -0.715. The van der Waals surface area contributed by atoms with Crippen molar-refractivity contribution in [3.05, 3.63) is 33.7 Å². The SMILES string of the molecule is CCOCc1ccc(C(C)=O)c2sc(C3OC3O)c(C)c12. The van der Waals surface area contributed by atoms with Crippen molar-refractivity contribution in [3.63, 3.8) is 0 Å². The number of aliphatic hydroxyl groups excluding tert-OH is 1. The molecule has 5 heteroatoms. The highest BCUT2D eigenvalue weighted by Gasteiger charge is 2.41. The lowest BCUT2D eigenvalue weighted by Crippen LogP contribution is -1.97. The van der Waals surface area contributed by atoms with E-state index in [0.717, 1.165) is 31.7 Å². The molecule has 1 N–H and O–H groups in total. The lowest BCUT2D eigenvalue weighted by atomic mass is 10.0. The number of thiophene rings is 1. The van der Waals surface area contributed by atoms with Crippen LogP contribution in [0.5, 0.6) is 0 Å². The van der Waals surface area contributed by atoms with Gasteiger partial charge in [-0.25, -0.2) is 0 Å². The maximum atomic E-state index is 11.8. The molecule has 2 heterocycles. The first-order valence-corrected chi connectivity index (χ1v) is 7.83. The number of carbonyl (C=O) groups is 1. The zero-order valence-corrected chi connectivity index (χ0v) is 13.1. The Morgan fingerprint density at radius 2 is 2.19 bits per heavy atom. The molecule has 21 heavy (non-hydrogen) atoms. The number of epoxide rings is 1. The van der Waals surface area contributed by atoms with Crippen LogP contribution in [0.2, 0.25) is 0 Å². The van der Waals surface area contributed by atoms with Crippen LogP contribution in [0.1, 0.15) is 46.3 Å². The van der Waals surface area contributed by atoms with E-state index in [1.807, 2.05) is 26.0 Å². The molecule has 112 valence electrons. The van der Waals surface area contributed by atoms with Crippen LogP contribution < -0.4 is 0 Å². The summed E-state index contributed by atoms with van der Waals surface area (Å²) in [6, 6.07) is 3.82. The number of ether oxygens (including phenoxy) is 2. The van der Waals surface area contributed by atoms with Gasteiger partial charge in [0.2, 0.25) is 0 Å². The molecule has 1 aromatic carbocycles. The van der Waals surface area contributed by atoms with Gasteiger partial charge in [-0.2, -0.15) is 0 Å². The predicted molar refractivity (Wildman–Crippen MR) is 81.7 cm³/mol. The van der Waals surface area contributed by atoms with Crippen molar-refractivity contribution in [1.82, 2.24) is 0 Å². The van der Waals surface area contributed by atoms with Gasteiger partial charge in [-0.1, -0.05) is 6.07 Å². The van der Waals surface area contributed by atoms with E-state index in [9.17, 15) is 9.90 Å². The van der Waals surface area contributed by atoms with E-state index in [1.165, 1.54) is 11.3 Å². The summed E-state index contributed by atoms with van der Waals surface area (Å²) >= 11 is 1.54. The van der Waals surface area contributed by atoms with E-state index in [0.29, 0.717) is 13.2 Å². The monoisotopic (exact) mass is 306 g/mol. The molecular weight excluding hydrogens is 288 g/mol. The molecule has 4 nitrogen and oxygen atoms in total. The van der Waals surface area contributed by atoms with E-state index < -0.39 is 6.29 Å². The van der Waals surface area contributed by atoms with Gasteiger partial charge in [0.05, 0.1) is 6.61 Å². The van der Waals surface area contributed by atoms with Crippen LogP contribution in [-0.2, 0) is 16.1 Å². The topological polar surface area (TPSA) is 59.1 Å². The third-order valence-electron chi connectivity index (χ3n) is 3.77. The van der Waals surface area contributed by atoms with Crippen LogP contribution in [0, 0.1) is 6.92 Å². The van der Waals surface area contributed by atoms with Crippen molar-refractivity contribution in [2.24, 2.45) is 0 Å². The summed E-state index contributed by atoms with van der Waals surface area (Å²) in [5.41, 5.74) is 2.88. The fourth-order valence-corrected chi connectivity index (χ4v) is 4.10. The summed E-state index contributed by atoms with van der Waals surface area (Å²) in [6.07, 6.45) is -0.963. The van der Waals surface area contributed by atoms with Crippen LogP contribution >= 0.6 is 11.3 Å². The van der Waals surface area contributed by atoms with Gasteiger partial charge in [-0.15, -0.1) is 11.3 Å². The Labute approximate surface area is 127 Å². The highest BCUT2D eigenvalue weighted by atomic mass is 32.1. The molecule has 0 aliphatic carbocycles. The first-order valence-electron chi connectivity index (χ1n) is 7.01. The molecule has 2 aromatic rings. The Kier molecular flexibility index (Phi) is 3.84. The lowest BCUT2D eigenvalue weighted by molar-refractivity contribution is 0.101. The average molecular weight is 306 g/mol. The highest BCUT2D eigenvalue weighted by molar-refractivity contribution is 7.19. The quantitative estimate of drug-likeness (QED) is 0.680. The molecule has 1 fully saturated rings. The number of hydrogen-bond donors (Lipinski definition) is 1. The molecule has 0 amide bonds. The average Bonchev–Trinajstić information content (AvgIpc) is 3.07. The second-order valence-corrected chi connectivity index (χ2v) is 6.26. The largest absolute Gasteiger partial charge is 0.377 e. The first kappa shape index (κ1) is 14.7. The normalized spacial score (nSPS) is 21.0. The van der Waals surface area contributed by atoms with Crippen LogP contribution in [0.4, 0.5) is 0 Å². The van der Waals surface area contributed by atoms with Crippen molar-refractivity contribution in [3.8, 4) is 0 Å². The van der Waals surface area contributed by atoms with Gasteiger partial charge in [0, 0.05) is 27.1 Å². The molecule has 2 unspecified atom stereocenters. The molecule has 1 saturated heterocycles. The summed E-state index contributed by atoms with van der Waals surface area (Å²) < 4.78 is 11.7. The molecule has 0 spiro atoms. The van der Waals surface area contributed by atoms with Crippen molar-refractivity contribution in [1.29, 1.82) is 0 Å². The molecule has 1 aliphatic rings. The van der Waals surface area contributed by atoms with E-state index >= 15 is 0 Å². The molecule has 1 aromatic heterocycles. The summed E-state index contributed by atoms with van der Waals surface area (Å²) in [6.45, 7) is 6.73. The summed E-state index contributed by atoms with van der Waals surface area (Å²) in [5, 5.41) is 10.6. The molecular formula is C16H18O4S.